The average Bonchev–Trinajstić information content (AvgIpc) is 1.85. The Morgan fingerprint density at radius 1 is 1.17 bits per heavy atom. The molecular formula is C10H23NO. The Balaban J connectivity index is 0.00000121. The van der Waals surface area contributed by atoms with E-state index in [0.29, 0.717) is 11.1 Å². The summed E-state index contributed by atoms with van der Waals surface area (Å²) >= 11 is 0. The van der Waals surface area contributed by atoms with Gasteiger partial charge < -0.3 is 10.8 Å². The van der Waals surface area contributed by atoms with Crippen molar-refractivity contribution in [3.63, 3.8) is 0 Å². The van der Waals surface area contributed by atoms with Gasteiger partial charge in [-0.2, -0.15) is 0 Å². The van der Waals surface area contributed by atoms with Gasteiger partial charge in [0, 0.05) is 11.1 Å². The molecule has 1 atom stereocenters. The monoisotopic (exact) mass is 173 g/mol. The van der Waals surface area contributed by atoms with E-state index in [1.165, 1.54) is 25.7 Å². The maximum atomic E-state index is 3.72. The lowest BCUT2D eigenvalue weighted by molar-refractivity contribution is 0.163. The standard InChI is InChI=1S/C10H21N.H2O/c1-5-10(4)8-6-7-9(2,3)11-10;/h11H,5-8H2,1-4H3;1H2. The van der Waals surface area contributed by atoms with Crippen LogP contribution in [0.1, 0.15) is 53.4 Å². The smallest absolute Gasteiger partial charge is 0.0155 e. The lowest BCUT2D eigenvalue weighted by Crippen LogP contribution is -2.56. The van der Waals surface area contributed by atoms with Crippen LogP contribution in [0.3, 0.4) is 0 Å². The predicted molar refractivity (Wildman–Crippen MR) is 53.4 cm³/mol. The third-order valence-electron chi connectivity index (χ3n) is 2.95. The van der Waals surface area contributed by atoms with E-state index in [0.717, 1.165) is 0 Å². The van der Waals surface area contributed by atoms with Crippen LogP contribution in [0, 0.1) is 0 Å². The van der Waals surface area contributed by atoms with E-state index in [4.69, 9.17) is 0 Å². The summed E-state index contributed by atoms with van der Waals surface area (Å²) in [6, 6.07) is 0. The number of hydrogen-bond acceptors (Lipinski definition) is 1. The second-order valence-corrected chi connectivity index (χ2v) is 4.78. The van der Waals surface area contributed by atoms with Gasteiger partial charge in [-0.3, -0.25) is 0 Å². The van der Waals surface area contributed by atoms with E-state index < -0.39 is 0 Å². The highest BCUT2D eigenvalue weighted by Gasteiger charge is 2.33. The third-order valence-corrected chi connectivity index (χ3v) is 2.95. The molecule has 1 aliphatic rings. The van der Waals surface area contributed by atoms with Gasteiger partial charge in [-0.25, -0.2) is 0 Å². The minimum absolute atomic E-state index is 0. The zero-order valence-electron chi connectivity index (χ0n) is 8.83. The second-order valence-electron chi connectivity index (χ2n) is 4.78. The van der Waals surface area contributed by atoms with Crippen molar-refractivity contribution in [3.8, 4) is 0 Å². The number of nitrogens with one attached hydrogen (secondary N) is 1. The summed E-state index contributed by atoms with van der Waals surface area (Å²) in [5.41, 5.74) is 0.769. The first-order chi connectivity index (χ1) is 4.97. The Hall–Kier alpha value is -0.0800. The maximum Gasteiger partial charge on any atom is 0.0155 e. The SMILES string of the molecule is CCC1(C)CCCC(C)(C)N1.O. The second kappa shape index (κ2) is 3.75. The van der Waals surface area contributed by atoms with Crippen molar-refractivity contribution in [2.75, 3.05) is 0 Å². The van der Waals surface area contributed by atoms with Gasteiger partial charge in [-0.05, 0) is 46.5 Å². The van der Waals surface area contributed by atoms with Crippen molar-refractivity contribution >= 4 is 0 Å². The molecule has 1 aliphatic heterocycles. The van der Waals surface area contributed by atoms with Crippen molar-refractivity contribution in [1.82, 2.24) is 5.32 Å². The highest BCUT2D eigenvalue weighted by Crippen LogP contribution is 2.30. The molecule has 0 amide bonds. The van der Waals surface area contributed by atoms with Gasteiger partial charge in [0.15, 0.2) is 0 Å². The molecular weight excluding hydrogens is 150 g/mol. The molecule has 0 aromatic carbocycles. The predicted octanol–water partition coefficient (Wildman–Crippen LogP) is 1.88. The summed E-state index contributed by atoms with van der Waals surface area (Å²) in [5, 5.41) is 3.72. The molecule has 0 aliphatic carbocycles. The minimum atomic E-state index is 0. The highest BCUT2D eigenvalue weighted by atomic mass is 16.0. The van der Waals surface area contributed by atoms with Gasteiger partial charge in [0.2, 0.25) is 0 Å². The van der Waals surface area contributed by atoms with Gasteiger partial charge in [-0.1, -0.05) is 6.92 Å². The van der Waals surface area contributed by atoms with Crippen LogP contribution in [0.2, 0.25) is 0 Å². The largest absolute Gasteiger partial charge is 0.412 e. The van der Waals surface area contributed by atoms with E-state index in [1.54, 1.807) is 0 Å². The lowest BCUT2D eigenvalue weighted by Gasteiger charge is -2.44. The summed E-state index contributed by atoms with van der Waals surface area (Å²) in [4.78, 5) is 0. The zero-order chi connectivity index (χ0) is 8.54. The van der Waals surface area contributed by atoms with Gasteiger partial charge in [0.1, 0.15) is 0 Å². The summed E-state index contributed by atoms with van der Waals surface area (Å²) in [5.74, 6) is 0. The molecule has 1 rings (SSSR count). The van der Waals surface area contributed by atoms with Gasteiger partial charge in [0.05, 0.1) is 0 Å². The molecule has 1 fully saturated rings. The summed E-state index contributed by atoms with van der Waals surface area (Å²) in [7, 11) is 0. The van der Waals surface area contributed by atoms with Gasteiger partial charge in [0.25, 0.3) is 0 Å². The molecule has 1 saturated heterocycles. The fraction of sp³-hybridized carbons (Fsp3) is 1.00. The molecule has 2 heteroatoms. The molecule has 0 radical (unpaired) electrons. The fourth-order valence-electron chi connectivity index (χ4n) is 2.13. The van der Waals surface area contributed by atoms with Gasteiger partial charge >= 0.3 is 0 Å². The van der Waals surface area contributed by atoms with E-state index in [2.05, 4.69) is 33.0 Å². The molecule has 3 N–H and O–H groups in total. The molecule has 0 aromatic rings. The van der Waals surface area contributed by atoms with Crippen molar-refractivity contribution in [2.45, 2.75) is 64.5 Å². The van der Waals surface area contributed by atoms with E-state index in [1.807, 2.05) is 0 Å². The Morgan fingerprint density at radius 3 is 2.08 bits per heavy atom. The van der Waals surface area contributed by atoms with Crippen LogP contribution in [0.25, 0.3) is 0 Å². The van der Waals surface area contributed by atoms with E-state index >= 15 is 0 Å². The molecule has 0 spiro atoms. The molecule has 1 unspecified atom stereocenters. The molecule has 12 heavy (non-hydrogen) atoms. The molecule has 0 bridgehead atoms. The summed E-state index contributed by atoms with van der Waals surface area (Å²) < 4.78 is 0. The Kier molecular flexibility index (Phi) is 3.73. The lowest BCUT2D eigenvalue weighted by atomic mass is 9.80. The Labute approximate surface area is 76.0 Å². The molecule has 1 heterocycles. The van der Waals surface area contributed by atoms with Crippen LogP contribution in [0.15, 0.2) is 0 Å². The van der Waals surface area contributed by atoms with Crippen LogP contribution in [-0.4, -0.2) is 16.6 Å². The zero-order valence-corrected chi connectivity index (χ0v) is 8.83. The Bertz CT molecular complexity index is 145. The highest BCUT2D eigenvalue weighted by molar-refractivity contribution is 4.94. The van der Waals surface area contributed by atoms with E-state index in [9.17, 15) is 0 Å². The number of rotatable bonds is 1. The number of piperidine rings is 1. The van der Waals surface area contributed by atoms with Crippen LogP contribution in [-0.2, 0) is 0 Å². The fourth-order valence-corrected chi connectivity index (χ4v) is 2.13. The molecule has 0 aromatic heterocycles. The van der Waals surface area contributed by atoms with Crippen LogP contribution in [0.4, 0.5) is 0 Å². The summed E-state index contributed by atoms with van der Waals surface area (Å²) in [6.45, 7) is 9.22. The van der Waals surface area contributed by atoms with Crippen LogP contribution < -0.4 is 5.32 Å². The van der Waals surface area contributed by atoms with Crippen molar-refractivity contribution in [2.24, 2.45) is 0 Å². The van der Waals surface area contributed by atoms with Crippen molar-refractivity contribution in [3.05, 3.63) is 0 Å². The average molecular weight is 173 g/mol. The third kappa shape index (κ3) is 2.76. The minimum Gasteiger partial charge on any atom is -0.412 e. The Morgan fingerprint density at radius 2 is 1.75 bits per heavy atom. The number of hydrogen-bond donors (Lipinski definition) is 1. The first-order valence-electron chi connectivity index (χ1n) is 4.77. The molecule has 2 nitrogen and oxygen atoms in total. The van der Waals surface area contributed by atoms with Crippen LogP contribution >= 0.6 is 0 Å². The topological polar surface area (TPSA) is 43.5 Å². The molecule has 0 saturated carbocycles. The quantitative estimate of drug-likeness (QED) is 0.646. The normalized spacial score (nSPS) is 34.0. The van der Waals surface area contributed by atoms with Crippen LogP contribution in [0.5, 0.6) is 0 Å². The first kappa shape index (κ1) is 11.9. The van der Waals surface area contributed by atoms with E-state index in [-0.39, 0.29) is 5.48 Å². The first-order valence-corrected chi connectivity index (χ1v) is 4.77. The maximum absolute atomic E-state index is 3.72. The molecule has 74 valence electrons. The van der Waals surface area contributed by atoms with Gasteiger partial charge in [-0.15, -0.1) is 0 Å². The summed E-state index contributed by atoms with van der Waals surface area (Å²) in [6.07, 6.45) is 5.29. The van der Waals surface area contributed by atoms with Crippen molar-refractivity contribution < 1.29 is 5.48 Å². The van der Waals surface area contributed by atoms with Crippen molar-refractivity contribution in [1.29, 1.82) is 0 Å².